The summed E-state index contributed by atoms with van der Waals surface area (Å²) in [5.74, 6) is 0.560. The van der Waals surface area contributed by atoms with Gasteiger partial charge in [0.2, 0.25) is 0 Å². The van der Waals surface area contributed by atoms with Gasteiger partial charge in [-0.2, -0.15) is 0 Å². The fraction of sp³-hybridized carbons (Fsp3) is 0.600. The highest BCUT2D eigenvalue weighted by molar-refractivity contribution is 9.10. The third kappa shape index (κ3) is 4.81. The molecule has 102 valence electrons. The smallest absolute Gasteiger partial charge is 0.0485 e. The van der Waals surface area contributed by atoms with Crippen molar-refractivity contribution in [3.05, 3.63) is 28.2 Å². The van der Waals surface area contributed by atoms with E-state index in [0.29, 0.717) is 5.88 Å². The van der Waals surface area contributed by atoms with Crippen LogP contribution in [0.25, 0.3) is 0 Å². The maximum Gasteiger partial charge on any atom is 0.0485 e. The van der Waals surface area contributed by atoms with E-state index in [0.717, 1.165) is 23.1 Å². The maximum absolute atomic E-state index is 5.89. The molecule has 0 unspecified atom stereocenters. The molecule has 0 atom stereocenters. The zero-order chi connectivity index (χ0) is 13.4. The van der Waals surface area contributed by atoms with Gasteiger partial charge in [-0.3, -0.25) is 0 Å². The number of hydrogen-bond acceptors (Lipinski definition) is 1. The molecule has 0 aromatic heterocycles. The van der Waals surface area contributed by atoms with Crippen molar-refractivity contribution in [2.45, 2.75) is 45.4 Å². The van der Waals surface area contributed by atoms with Crippen molar-refractivity contribution in [1.29, 1.82) is 0 Å². The molecule has 0 saturated heterocycles. The van der Waals surface area contributed by atoms with Gasteiger partial charge in [0, 0.05) is 29.1 Å². The molecule has 0 aliphatic rings. The predicted molar refractivity (Wildman–Crippen MR) is 85.7 cm³/mol. The summed E-state index contributed by atoms with van der Waals surface area (Å²) in [5.41, 5.74) is 2.46. The second-order valence-electron chi connectivity index (χ2n) is 4.60. The minimum absolute atomic E-state index is 0.560. The Kier molecular flexibility index (Phi) is 7.76. The van der Waals surface area contributed by atoms with E-state index < -0.39 is 0 Å². The first-order valence-corrected chi connectivity index (χ1v) is 8.15. The van der Waals surface area contributed by atoms with Gasteiger partial charge in [0.25, 0.3) is 0 Å². The summed E-state index contributed by atoms with van der Waals surface area (Å²) in [6.45, 7) is 6.77. The van der Waals surface area contributed by atoms with Crippen molar-refractivity contribution in [2.75, 3.05) is 18.0 Å². The van der Waals surface area contributed by atoms with Crippen LogP contribution in [0, 0.1) is 0 Å². The van der Waals surface area contributed by atoms with Crippen LogP contribution in [-0.4, -0.2) is 13.1 Å². The topological polar surface area (TPSA) is 3.24 Å². The van der Waals surface area contributed by atoms with Gasteiger partial charge in [-0.15, -0.1) is 11.6 Å². The molecule has 0 amide bonds. The van der Waals surface area contributed by atoms with E-state index in [1.165, 1.54) is 31.4 Å². The van der Waals surface area contributed by atoms with Crippen molar-refractivity contribution in [2.24, 2.45) is 0 Å². The monoisotopic (exact) mass is 331 g/mol. The molecule has 0 aliphatic heterocycles. The van der Waals surface area contributed by atoms with Crippen LogP contribution in [0.15, 0.2) is 22.7 Å². The largest absolute Gasteiger partial charge is 0.372 e. The molecule has 0 radical (unpaired) electrons. The van der Waals surface area contributed by atoms with Gasteiger partial charge >= 0.3 is 0 Å². The lowest BCUT2D eigenvalue weighted by Gasteiger charge is -2.25. The molecule has 0 aliphatic carbocycles. The number of alkyl halides is 1. The molecule has 3 heteroatoms. The first kappa shape index (κ1) is 15.8. The van der Waals surface area contributed by atoms with Gasteiger partial charge in [0.15, 0.2) is 0 Å². The van der Waals surface area contributed by atoms with Crippen LogP contribution in [0.2, 0.25) is 0 Å². The van der Waals surface area contributed by atoms with Gasteiger partial charge in [0.1, 0.15) is 0 Å². The summed E-state index contributed by atoms with van der Waals surface area (Å²) in [6, 6.07) is 6.51. The van der Waals surface area contributed by atoms with E-state index in [2.05, 4.69) is 52.9 Å². The normalized spacial score (nSPS) is 10.7. The average molecular weight is 333 g/mol. The minimum Gasteiger partial charge on any atom is -0.372 e. The molecule has 0 fully saturated rings. The fourth-order valence-corrected chi connectivity index (χ4v) is 2.81. The van der Waals surface area contributed by atoms with Crippen LogP contribution < -0.4 is 4.90 Å². The number of nitrogens with zero attached hydrogens (tertiary/aromatic N) is 1. The van der Waals surface area contributed by atoms with Gasteiger partial charge in [0.05, 0.1) is 0 Å². The summed E-state index contributed by atoms with van der Waals surface area (Å²) < 4.78 is 1.12. The first-order valence-electron chi connectivity index (χ1n) is 6.82. The highest BCUT2D eigenvalue weighted by Crippen LogP contribution is 2.26. The van der Waals surface area contributed by atoms with E-state index in [1.807, 2.05) is 0 Å². The van der Waals surface area contributed by atoms with Gasteiger partial charge in [-0.05, 0) is 30.5 Å². The second-order valence-corrected chi connectivity index (χ2v) is 5.73. The van der Waals surface area contributed by atoms with E-state index in [-0.39, 0.29) is 0 Å². The van der Waals surface area contributed by atoms with E-state index in [1.54, 1.807) is 0 Å². The zero-order valence-corrected chi connectivity index (χ0v) is 13.7. The Morgan fingerprint density at radius 2 is 1.72 bits per heavy atom. The van der Waals surface area contributed by atoms with Crippen molar-refractivity contribution in [3.8, 4) is 0 Å². The lowest BCUT2D eigenvalue weighted by molar-refractivity contribution is 0.678. The fourth-order valence-electron chi connectivity index (χ4n) is 1.91. The summed E-state index contributed by atoms with van der Waals surface area (Å²) in [6.07, 6.45) is 4.98. The Bertz CT molecular complexity index is 346. The van der Waals surface area contributed by atoms with Gasteiger partial charge in [-0.25, -0.2) is 0 Å². The summed E-state index contributed by atoms with van der Waals surface area (Å²) >= 11 is 9.49. The third-order valence-electron chi connectivity index (χ3n) is 3.11. The minimum atomic E-state index is 0.560. The molecule has 0 N–H and O–H groups in total. The third-order valence-corrected chi connectivity index (χ3v) is 4.14. The highest BCUT2D eigenvalue weighted by Gasteiger charge is 2.07. The molecule has 1 aromatic rings. The van der Waals surface area contributed by atoms with Crippen LogP contribution in [0.4, 0.5) is 5.69 Å². The van der Waals surface area contributed by atoms with Crippen LogP contribution in [0.5, 0.6) is 0 Å². The van der Waals surface area contributed by atoms with E-state index >= 15 is 0 Å². The molecule has 18 heavy (non-hydrogen) atoms. The summed E-state index contributed by atoms with van der Waals surface area (Å²) in [5, 5.41) is 0. The average Bonchev–Trinajstić information content (AvgIpc) is 2.39. The number of hydrogen-bond donors (Lipinski definition) is 0. The molecular formula is C15H23BrClN. The van der Waals surface area contributed by atoms with Crippen molar-refractivity contribution in [3.63, 3.8) is 0 Å². The summed E-state index contributed by atoms with van der Waals surface area (Å²) in [4.78, 5) is 2.48. The number of halogens is 2. The summed E-state index contributed by atoms with van der Waals surface area (Å²) in [7, 11) is 0. The lowest BCUT2D eigenvalue weighted by Crippen LogP contribution is -2.25. The highest BCUT2D eigenvalue weighted by atomic mass is 79.9. The SMILES string of the molecule is CCCCN(CCCC)c1ccc(CCl)c(Br)c1. The standard InChI is InChI=1S/C15H23BrClN/c1-3-5-9-18(10-6-4-2)14-8-7-13(12-17)15(16)11-14/h7-8,11H,3-6,9-10,12H2,1-2H3. The Hall–Kier alpha value is -0.210. The lowest BCUT2D eigenvalue weighted by atomic mass is 10.2. The molecule has 0 heterocycles. The molecule has 0 saturated carbocycles. The molecule has 1 aromatic carbocycles. The Morgan fingerprint density at radius 3 is 2.17 bits per heavy atom. The number of benzene rings is 1. The van der Waals surface area contributed by atoms with Crippen LogP contribution >= 0.6 is 27.5 Å². The molecule has 0 spiro atoms. The first-order chi connectivity index (χ1) is 8.72. The van der Waals surface area contributed by atoms with Crippen molar-refractivity contribution in [1.82, 2.24) is 0 Å². The second kappa shape index (κ2) is 8.82. The Labute approximate surface area is 125 Å². The molecular weight excluding hydrogens is 310 g/mol. The number of unbranched alkanes of at least 4 members (excludes halogenated alkanes) is 2. The van der Waals surface area contributed by atoms with Crippen LogP contribution in [0.1, 0.15) is 45.1 Å². The molecule has 1 nitrogen and oxygen atoms in total. The van der Waals surface area contributed by atoms with Crippen LogP contribution in [-0.2, 0) is 5.88 Å². The Morgan fingerprint density at radius 1 is 1.11 bits per heavy atom. The molecule has 1 rings (SSSR count). The van der Waals surface area contributed by atoms with E-state index in [4.69, 9.17) is 11.6 Å². The number of rotatable bonds is 8. The maximum atomic E-state index is 5.89. The van der Waals surface area contributed by atoms with Crippen molar-refractivity contribution >= 4 is 33.2 Å². The van der Waals surface area contributed by atoms with Gasteiger partial charge in [-0.1, -0.05) is 48.7 Å². The quantitative estimate of drug-likeness (QED) is 0.560. The van der Waals surface area contributed by atoms with E-state index in [9.17, 15) is 0 Å². The number of anilines is 1. The predicted octanol–water partition coefficient (Wildman–Crippen LogP) is 5.59. The Balaban J connectivity index is 2.79. The van der Waals surface area contributed by atoms with Crippen molar-refractivity contribution < 1.29 is 0 Å². The molecule has 0 bridgehead atoms. The zero-order valence-electron chi connectivity index (χ0n) is 11.4. The van der Waals surface area contributed by atoms with Crippen LogP contribution in [0.3, 0.4) is 0 Å². The van der Waals surface area contributed by atoms with Gasteiger partial charge < -0.3 is 4.90 Å².